The number of rotatable bonds is 6. The molecule has 0 aromatic carbocycles. The number of piperidine rings is 1. The molecule has 1 aliphatic rings. The predicted octanol–water partition coefficient (Wildman–Crippen LogP) is 2.25. The number of carbonyl (C=O) groups excluding carboxylic acids is 1. The quantitative estimate of drug-likeness (QED) is 0.813. The Morgan fingerprint density at radius 2 is 2.45 bits per heavy atom. The van der Waals surface area contributed by atoms with Gasteiger partial charge in [0.2, 0.25) is 0 Å². The second kappa shape index (κ2) is 7.43. The van der Waals surface area contributed by atoms with Crippen molar-refractivity contribution >= 4 is 5.91 Å². The van der Waals surface area contributed by atoms with E-state index in [1.54, 1.807) is 13.3 Å². The monoisotopic (exact) mass is 279 g/mol. The summed E-state index contributed by atoms with van der Waals surface area (Å²) in [6.07, 6.45) is 7.02. The molecular formula is C15H25N3O2. The Bertz CT molecular complexity index is 431. The summed E-state index contributed by atoms with van der Waals surface area (Å²) in [4.78, 5) is 14.5. The smallest absolute Gasteiger partial charge is 0.257 e. The van der Waals surface area contributed by atoms with Crippen LogP contribution >= 0.6 is 0 Å². The lowest BCUT2D eigenvalue weighted by molar-refractivity contribution is 0.0659. The number of aromatic amines is 1. The van der Waals surface area contributed by atoms with E-state index in [-0.39, 0.29) is 5.91 Å². The summed E-state index contributed by atoms with van der Waals surface area (Å²) in [6, 6.07) is 0. The van der Waals surface area contributed by atoms with Crippen LogP contribution in [-0.2, 0) is 11.2 Å². The molecule has 2 rings (SSSR count). The van der Waals surface area contributed by atoms with Crippen LogP contribution in [0.5, 0.6) is 0 Å². The molecule has 1 N–H and O–H groups in total. The second-order valence-corrected chi connectivity index (χ2v) is 5.51. The number of nitrogens with zero attached hydrogens (tertiary/aromatic N) is 2. The summed E-state index contributed by atoms with van der Waals surface area (Å²) in [5, 5.41) is 6.91. The van der Waals surface area contributed by atoms with E-state index in [0.717, 1.165) is 56.6 Å². The Balaban J connectivity index is 1.93. The minimum Gasteiger partial charge on any atom is -0.385 e. The van der Waals surface area contributed by atoms with E-state index in [4.69, 9.17) is 4.74 Å². The van der Waals surface area contributed by atoms with Gasteiger partial charge in [0, 0.05) is 32.5 Å². The maximum Gasteiger partial charge on any atom is 0.257 e. The first kappa shape index (κ1) is 15.0. The van der Waals surface area contributed by atoms with Crippen molar-refractivity contribution in [2.75, 3.05) is 26.8 Å². The summed E-state index contributed by atoms with van der Waals surface area (Å²) in [7, 11) is 1.74. The molecule has 0 radical (unpaired) electrons. The van der Waals surface area contributed by atoms with Gasteiger partial charge in [0.05, 0.1) is 11.8 Å². The molecule has 2 heterocycles. The highest BCUT2D eigenvalue weighted by atomic mass is 16.5. The first-order valence-electron chi connectivity index (χ1n) is 7.56. The number of aryl methyl sites for hydroxylation is 1. The third-order valence-corrected chi connectivity index (χ3v) is 4.07. The maximum absolute atomic E-state index is 12.6. The van der Waals surface area contributed by atoms with Gasteiger partial charge in [-0.2, -0.15) is 5.10 Å². The molecule has 112 valence electrons. The number of aromatic nitrogens is 2. The zero-order valence-electron chi connectivity index (χ0n) is 12.5. The molecule has 5 heteroatoms. The van der Waals surface area contributed by atoms with Gasteiger partial charge in [-0.15, -0.1) is 0 Å². The van der Waals surface area contributed by atoms with Gasteiger partial charge in [0.25, 0.3) is 5.91 Å². The predicted molar refractivity (Wildman–Crippen MR) is 77.7 cm³/mol. The third kappa shape index (κ3) is 3.60. The topological polar surface area (TPSA) is 58.2 Å². The van der Waals surface area contributed by atoms with Gasteiger partial charge < -0.3 is 9.64 Å². The van der Waals surface area contributed by atoms with Crippen molar-refractivity contribution in [3.8, 4) is 0 Å². The molecule has 0 aliphatic carbocycles. The van der Waals surface area contributed by atoms with Crippen molar-refractivity contribution in [2.24, 2.45) is 5.92 Å². The van der Waals surface area contributed by atoms with Crippen molar-refractivity contribution in [3.63, 3.8) is 0 Å². The molecule has 1 fully saturated rings. The van der Waals surface area contributed by atoms with E-state index in [1.165, 1.54) is 6.42 Å². The SMILES string of the molecule is CCc1[nH]ncc1C(=O)N1CCCC(CCCOC)C1. The number of hydrogen-bond donors (Lipinski definition) is 1. The van der Waals surface area contributed by atoms with Crippen LogP contribution < -0.4 is 0 Å². The molecule has 1 amide bonds. The average molecular weight is 279 g/mol. The molecule has 5 nitrogen and oxygen atoms in total. The lowest BCUT2D eigenvalue weighted by atomic mass is 9.93. The second-order valence-electron chi connectivity index (χ2n) is 5.51. The number of ether oxygens (including phenoxy) is 1. The number of nitrogens with one attached hydrogen (secondary N) is 1. The number of likely N-dealkylation sites (tertiary alicyclic amines) is 1. The minimum absolute atomic E-state index is 0.132. The van der Waals surface area contributed by atoms with Crippen LogP contribution in [0.25, 0.3) is 0 Å². The number of carbonyl (C=O) groups is 1. The molecular weight excluding hydrogens is 254 g/mol. The van der Waals surface area contributed by atoms with E-state index in [0.29, 0.717) is 5.92 Å². The number of amides is 1. The fourth-order valence-electron chi connectivity index (χ4n) is 2.94. The van der Waals surface area contributed by atoms with Crippen LogP contribution in [0, 0.1) is 5.92 Å². The van der Waals surface area contributed by atoms with Crippen molar-refractivity contribution in [2.45, 2.75) is 39.0 Å². The zero-order chi connectivity index (χ0) is 14.4. The fraction of sp³-hybridized carbons (Fsp3) is 0.733. The third-order valence-electron chi connectivity index (χ3n) is 4.07. The molecule has 0 saturated carbocycles. The average Bonchev–Trinajstić information content (AvgIpc) is 2.95. The van der Waals surface area contributed by atoms with E-state index in [1.807, 2.05) is 11.8 Å². The van der Waals surface area contributed by atoms with Crippen LogP contribution in [0.2, 0.25) is 0 Å². The Kier molecular flexibility index (Phi) is 5.59. The van der Waals surface area contributed by atoms with E-state index in [9.17, 15) is 4.79 Å². The van der Waals surface area contributed by atoms with Crippen molar-refractivity contribution in [3.05, 3.63) is 17.5 Å². The summed E-state index contributed by atoms with van der Waals surface area (Å²) < 4.78 is 5.10. The molecule has 1 atom stereocenters. The van der Waals surface area contributed by atoms with Gasteiger partial charge in [-0.25, -0.2) is 0 Å². The Labute approximate surface area is 120 Å². The highest BCUT2D eigenvalue weighted by Gasteiger charge is 2.26. The molecule has 20 heavy (non-hydrogen) atoms. The number of hydrogen-bond acceptors (Lipinski definition) is 3. The van der Waals surface area contributed by atoms with Crippen molar-refractivity contribution in [1.82, 2.24) is 15.1 Å². The summed E-state index contributed by atoms with van der Waals surface area (Å²) >= 11 is 0. The van der Waals surface area contributed by atoms with E-state index >= 15 is 0 Å². The Morgan fingerprint density at radius 1 is 1.60 bits per heavy atom. The summed E-state index contributed by atoms with van der Waals surface area (Å²) in [5.41, 5.74) is 1.68. The normalized spacial score (nSPS) is 19.3. The lowest BCUT2D eigenvalue weighted by Gasteiger charge is -2.32. The zero-order valence-corrected chi connectivity index (χ0v) is 12.5. The molecule has 0 spiro atoms. The van der Waals surface area contributed by atoms with Gasteiger partial charge in [-0.1, -0.05) is 6.92 Å². The van der Waals surface area contributed by atoms with Crippen LogP contribution in [0.15, 0.2) is 6.20 Å². The standard InChI is InChI=1S/C15H25N3O2/c1-3-14-13(10-16-17-14)15(19)18-8-4-6-12(11-18)7-5-9-20-2/h10,12H,3-9,11H2,1-2H3,(H,16,17). The van der Waals surface area contributed by atoms with Crippen molar-refractivity contribution < 1.29 is 9.53 Å². The highest BCUT2D eigenvalue weighted by molar-refractivity contribution is 5.95. The Hall–Kier alpha value is -1.36. The molecule has 1 aliphatic heterocycles. The Morgan fingerprint density at radius 3 is 3.20 bits per heavy atom. The maximum atomic E-state index is 12.6. The van der Waals surface area contributed by atoms with Gasteiger partial charge >= 0.3 is 0 Å². The summed E-state index contributed by atoms with van der Waals surface area (Å²) in [6.45, 7) is 4.59. The minimum atomic E-state index is 0.132. The van der Waals surface area contributed by atoms with Crippen LogP contribution in [0.1, 0.15) is 48.7 Å². The van der Waals surface area contributed by atoms with Crippen LogP contribution in [-0.4, -0.2) is 47.8 Å². The van der Waals surface area contributed by atoms with Crippen molar-refractivity contribution in [1.29, 1.82) is 0 Å². The molecule has 1 unspecified atom stereocenters. The fourth-order valence-corrected chi connectivity index (χ4v) is 2.94. The van der Waals surface area contributed by atoms with Gasteiger partial charge in [0.15, 0.2) is 0 Å². The van der Waals surface area contributed by atoms with Gasteiger partial charge in [-0.3, -0.25) is 9.89 Å². The number of H-pyrrole nitrogens is 1. The van der Waals surface area contributed by atoms with E-state index in [2.05, 4.69) is 10.2 Å². The van der Waals surface area contributed by atoms with Crippen LogP contribution in [0.4, 0.5) is 0 Å². The molecule has 0 bridgehead atoms. The van der Waals surface area contributed by atoms with Gasteiger partial charge in [0.1, 0.15) is 0 Å². The first-order chi connectivity index (χ1) is 9.76. The molecule has 1 aromatic heterocycles. The summed E-state index contributed by atoms with van der Waals surface area (Å²) in [5.74, 6) is 0.742. The molecule has 1 aromatic rings. The van der Waals surface area contributed by atoms with Gasteiger partial charge in [-0.05, 0) is 38.0 Å². The first-order valence-corrected chi connectivity index (χ1v) is 7.56. The van der Waals surface area contributed by atoms with E-state index < -0.39 is 0 Å². The molecule has 1 saturated heterocycles. The highest BCUT2D eigenvalue weighted by Crippen LogP contribution is 2.23. The largest absolute Gasteiger partial charge is 0.385 e. The lowest BCUT2D eigenvalue weighted by Crippen LogP contribution is -2.40. The number of methoxy groups -OCH3 is 1. The van der Waals surface area contributed by atoms with Crippen LogP contribution in [0.3, 0.4) is 0 Å².